The summed E-state index contributed by atoms with van der Waals surface area (Å²) >= 11 is 0. The van der Waals surface area contributed by atoms with E-state index in [1.807, 2.05) is 30.3 Å². The number of hydrogen-bond acceptors (Lipinski definition) is 4. The standard InChI is InChI=1S/C17H19N3O/c1-2-15(19)9-16-6-7-17(11-20-16)21-12-14-5-3-4-13(8-14)10-18/h3-8,11,15H,2,9,12,19H2,1H3. The third-order valence-corrected chi connectivity index (χ3v) is 3.25. The summed E-state index contributed by atoms with van der Waals surface area (Å²) in [6.45, 7) is 2.49. The topological polar surface area (TPSA) is 71.9 Å². The Bertz CT molecular complexity index is 617. The number of nitrogens with zero attached hydrogens (tertiary/aromatic N) is 2. The SMILES string of the molecule is CCC(N)Cc1ccc(OCc2cccc(C#N)c2)cn1. The highest BCUT2D eigenvalue weighted by atomic mass is 16.5. The first-order valence-corrected chi connectivity index (χ1v) is 7.03. The van der Waals surface area contributed by atoms with Gasteiger partial charge in [0.2, 0.25) is 0 Å². The van der Waals surface area contributed by atoms with E-state index >= 15 is 0 Å². The Kier molecular flexibility index (Phi) is 5.30. The number of pyridine rings is 1. The molecule has 1 atom stereocenters. The molecule has 0 radical (unpaired) electrons. The lowest BCUT2D eigenvalue weighted by molar-refractivity contribution is 0.304. The van der Waals surface area contributed by atoms with Gasteiger partial charge in [0.15, 0.2) is 0 Å². The van der Waals surface area contributed by atoms with Crippen LogP contribution in [0.1, 0.15) is 30.2 Å². The average Bonchev–Trinajstić information content (AvgIpc) is 2.54. The summed E-state index contributed by atoms with van der Waals surface area (Å²) in [7, 11) is 0. The molecule has 1 aromatic heterocycles. The molecular formula is C17H19N3O. The van der Waals surface area contributed by atoms with Crippen LogP contribution >= 0.6 is 0 Å². The van der Waals surface area contributed by atoms with E-state index in [1.54, 1.807) is 12.3 Å². The summed E-state index contributed by atoms with van der Waals surface area (Å²) in [5.41, 5.74) is 8.48. The van der Waals surface area contributed by atoms with E-state index in [2.05, 4.69) is 18.0 Å². The van der Waals surface area contributed by atoms with E-state index in [0.29, 0.717) is 17.9 Å². The molecule has 21 heavy (non-hydrogen) atoms. The Labute approximate surface area is 125 Å². The molecule has 0 saturated carbocycles. The van der Waals surface area contributed by atoms with Crippen LogP contribution in [0.3, 0.4) is 0 Å². The number of nitriles is 1. The largest absolute Gasteiger partial charge is 0.487 e. The van der Waals surface area contributed by atoms with Crippen LogP contribution in [-0.2, 0) is 13.0 Å². The lowest BCUT2D eigenvalue weighted by Crippen LogP contribution is -2.21. The molecule has 0 bridgehead atoms. The summed E-state index contributed by atoms with van der Waals surface area (Å²) in [5, 5.41) is 8.86. The van der Waals surface area contributed by atoms with Crippen LogP contribution in [0.4, 0.5) is 0 Å². The predicted molar refractivity (Wildman–Crippen MR) is 81.7 cm³/mol. The monoisotopic (exact) mass is 281 g/mol. The van der Waals surface area contributed by atoms with E-state index in [0.717, 1.165) is 24.1 Å². The molecule has 108 valence electrons. The van der Waals surface area contributed by atoms with Gasteiger partial charge in [-0.1, -0.05) is 19.1 Å². The Morgan fingerprint density at radius 3 is 2.86 bits per heavy atom. The van der Waals surface area contributed by atoms with Gasteiger partial charge in [-0.25, -0.2) is 0 Å². The van der Waals surface area contributed by atoms with Crippen molar-refractivity contribution in [2.75, 3.05) is 0 Å². The highest BCUT2D eigenvalue weighted by molar-refractivity contribution is 5.32. The van der Waals surface area contributed by atoms with Crippen molar-refractivity contribution in [1.29, 1.82) is 5.26 Å². The van der Waals surface area contributed by atoms with Gasteiger partial charge in [0.25, 0.3) is 0 Å². The number of benzene rings is 1. The fourth-order valence-corrected chi connectivity index (χ4v) is 1.93. The Hall–Kier alpha value is -2.38. The molecule has 1 unspecified atom stereocenters. The van der Waals surface area contributed by atoms with Crippen LogP contribution in [0, 0.1) is 11.3 Å². The van der Waals surface area contributed by atoms with Crippen LogP contribution in [0.25, 0.3) is 0 Å². The summed E-state index contributed by atoms with van der Waals surface area (Å²) in [4.78, 5) is 4.36. The number of hydrogen-bond donors (Lipinski definition) is 1. The fraction of sp³-hybridized carbons (Fsp3) is 0.294. The van der Waals surface area contributed by atoms with Gasteiger partial charge in [-0.2, -0.15) is 5.26 Å². The molecule has 0 fully saturated rings. The first-order valence-electron chi connectivity index (χ1n) is 7.03. The molecule has 4 heteroatoms. The van der Waals surface area contributed by atoms with Crippen LogP contribution in [-0.4, -0.2) is 11.0 Å². The van der Waals surface area contributed by atoms with Crippen molar-refractivity contribution in [3.05, 3.63) is 59.4 Å². The average molecular weight is 281 g/mol. The van der Waals surface area contributed by atoms with Crippen LogP contribution in [0.2, 0.25) is 0 Å². The lowest BCUT2D eigenvalue weighted by atomic mass is 10.1. The molecule has 2 N–H and O–H groups in total. The maximum atomic E-state index is 8.86. The summed E-state index contributed by atoms with van der Waals surface area (Å²) < 4.78 is 5.67. The number of nitrogens with two attached hydrogens (primary N) is 1. The molecule has 1 aromatic carbocycles. The van der Waals surface area contributed by atoms with E-state index in [1.165, 1.54) is 0 Å². The van der Waals surface area contributed by atoms with Crippen molar-refractivity contribution >= 4 is 0 Å². The molecule has 0 aliphatic heterocycles. The van der Waals surface area contributed by atoms with Crippen molar-refractivity contribution in [2.24, 2.45) is 5.73 Å². The molecule has 0 aliphatic rings. The maximum Gasteiger partial charge on any atom is 0.138 e. The van der Waals surface area contributed by atoms with E-state index in [-0.39, 0.29) is 6.04 Å². The Balaban J connectivity index is 1.93. The van der Waals surface area contributed by atoms with Crippen molar-refractivity contribution in [3.8, 4) is 11.8 Å². The Morgan fingerprint density at radius 2 is 2.19 bits per heavy atom. The van der Waals surface area contributed by atoms with E-state index in [4.69, 9.17) is 15.7 Å². The highest BCUT2D eigenvalue weighted by Gasteiger charge is 2.03. The summed E-state index contributed by atoms with van der Waals surface area (Å²) in [6.07, 6.45) is 3.43. The maximum absolute atomic E-state index is 8.86. The van der Waals surface area contributed by atoms with Crippen LogP contribution in [0.15, 0.2) is 42.6 Å². The van der Waals surface area contributed by atoms with Gasteiger partial charge in [-0.3, -0.25) is 4.98 Å². The fourth-order valence-electron chi connectivity index (χ4n) is 1.93. The second-order valence-electron chi connectivity index (χ2n) is 4.96. The second-order valence-corrected chi connectivity index (χ2v) is 4.96. The molecule has 4 nitrogen and oxygen atoms in total. The van der Waals surface area contributed by atoms with Crippen LogP contribution in [0.5, 0.6) is 5.75 Å². The van der Waals surface area contributed by atoms with Crippen molar-refractivity contribution in [3.63, 3.8) is 0 Å². The molecule has 0 aliphatic carbocycles. The van der Waals surface area contributed by atoms with Crippen molar-refractivity contribution in [1.82, 2.24) is 4.98 Å². The number of rotatable bonds is 6. The molecule has 1 heterocycles. The highest BCUT2D eigenvalue weighted by Crippen LogP contribution is 2.13. The smallest absolute Gasteiger partial charge is 0.138 e. The molecular weight excluding hydrogens is 262 g/mol. The Morgan fingerprint density at radius 1 is 1.33 bits per heavy atom. The molecule has 2 rings (SSSR count). The van der Waals surface area contributed by atoms with Gasteiger partial charge >= 0.3 is 0 Å². The zero-order chi connectivity index (χ0) is 15.1. The van der Waals surface area contributed by atoms with Crippen molar-refractivity contribution in [2.45, 2.75) is 32.4 Å². The van der Waals surface area contributed by atoms with E-state index in [9.17, 15) is 0 Å². The lowest BCUT2D eigenvalue weighted by Gasteiger charge is -2.09. The quantitative estimate of drug-likeness (QED) is 0.883. The third-order valence-electron chi connectivity index (χ3n) is 3.25. The van der Waals surface area contributed by atoms with Gasteiger partial charge in [0, 0.05) is 18.2 Å². The predicted octanol–water partition coefficient (Wildman–Crippen LogP) is 2.81. The summed E-state index contributed by atoms with van der Waals surface area (Å²) in [5.74, 6) is 0.714. The zero-order valence-electron chi connectivity index (χ0n) is 12.1. The molecule has 0 spiro atoms. The van der Waals surface area contributed by atoms with E-state index < -0.39 is 0 Å². The van der Waals surface area contributed by atoms with Gasteiger partial charge in [0.05, 0.1) is 17.8 Å². The first-order chi connectivity index (χ1) is 10.2. The second kappa shape index (κ2) is 7.41. The normalized spacial score (nSPS) is 11.7. The minimum absolute atomic E-state index is 0.151. The van der Waals surface area contributed by atoms with Crippen LogP contribution < -0.4 is 10.5 Å². The number of ether oxygens (including phenoxy) is 1. The van der Waals surface area contributed by atoms with Crippen molar-refractivity contribution < 1.29 is 4.74 Å². The third kappa shape index (κ3) is 4.59. The summed E-state index contributed by atoms with van der Waals surface area (Å²) in [6, 6.07) is 13.5. The van der Waals surface area contributed by atoms with Gasteiger partial charge in [-0.15, -0.1) is 0 Å². The van der Waals surface area contributed by atoms with Gasteiger partial charge in [0.1, 0.15) is 12.4 Å². The minimum atomic E-state index is 0.151. The zero-order valence-corrected chi connectivity index (χ0v) is 12.1. The molecule has 0 saturated heterocycles. The molecule has 0 amide bonds. The minimum Gasteiger partial charge on any atom is -0.487 e. The van der Waals surface area contributed by atoms with Gasteiger partial charge < -0.3 is 10.5 Å². The number of aromatic nitrogens is 1. The van der Waals surface area contributed by atoms with Gasteiger partial charge in [-0.05, 0) is 36.2 Å². The molecule has 2 aromatic rings. The first kappa shape index (κ1) is 15.0.